The molecule has 142 valence electrons. The summed E-state index contributed by atoms with van der Waals surface area (Å²) in [6.07, 6.45) is 1.65. The molecule has 0 bridgehead atoms. The van der Waals surface area contributed by atoms with Crippen LogP contribution in [-0.4, -0.2) is 30.5 Å². The number of azo groups is 2. The summed E-state index contributed by atoms with van der Waals surface area (Å²) in [6.45, 7) is 3.37. The van der Waals surface area contributed by atoms with Gasteiger partial charge in [0.05, 0.1) is 0 Å². The van der Waals surface area contributed by atoms with Crippen LogP contribution in [0.5, 0.6) is 11.5 Å². The third-order valence-corrected chi connectivity index (χ3v) is 5.30. The van der Waals surface area contributed by atoms with Crippen molar-refractivity contribution >= 4 is 61.4 Å². The highest BCUT2D eigenvalue weighted by Crippen LogP contribution is 2.43. The average Bonchev–Trinajstić information content (AvgIpc) is 3.31. The summed E-state index contributed by atoms with van der Waals surface area (Å²) < 4.78 is 8.37. The molecule has 0 fully saturated rings. The van der Waals surface area contributed by atoms with E-state index < -0.39 is 0 Å². The Labute approximate surface area is 166 Å². The zero-order chi connectivity index (χ0) is 19.7. The maximum atomic E-state index is 10.3. The van der Waals surface area contributed by atoms with E-state index in [1.165, 1.54) is 6.07 Å². The largest absolute Gasteiger partial charge is 0.505 e. The number of rotatable bonds is 3. The number of hydrogen-bond donors (Lipinski definition) is 4. The Kier molecular flexibility index (Phi) is 4.79. The number of phenolic OH excluding ortho intramolecular Hbond substituents is 2. The molecule has 3 aromatic rings. The van der Waals surface area contributed by atoms with Gasteiger partial charge in [0.2, 0.25) is 0 Å². The molecule has 0 saturated heterocycles. The first kappa shape index (κ1) is 18.1. The quantitative estimate of drug-likeness (QED) is 0.286. The second kappa shape index (κ2) is 7.40. The van der Waals surface area contributed by atoms with Gasteiger partial charge in [0.1, 0.15) is 39.7 Å². The van der Waals surface area contributed by atoms with Crippen molar-refractivity contribution in [2.24, 2.45) is 24.9 Å². The molecule has 3 N–H and O–H groups in total. The van der Waals surface area contributed by atoms with E-state index in [2.05, 4.69) is 39.5 Å². The molecular weight excluding hydrogens is 400 g/mol. The first-order valence-electron chi connectivity index (χ1n) is 8.01. The predicted molar refractivity (Wildman–Crippen MR) is 111 cm³/mol. The molecule has 3 heterocycles. The molecule has 0 amide bonds. The third-order valence-electron chi connectivity index (χ3n) is 3.78. The molecule has 10 nitrogen and oxygen atoms in total. The second-order valence-corrected chi connectivity index (χ2v) is 7.31. The Hall–Kier alpha value is -3.25. The fraction of sp³-hybridized carbons (Fsp3) is 0.125. The first-order chi connectivity index (χ1) is 13.5. The van der Waals surface area contributed by atoms with E-state index in [1.807, 2.05) is 13.0 Å². The lowest BCUT2D eigenvalue weighted by Gasteiger charge is -2.07. The molecule has 0 unspecified atom stereocenters. The molecule has 2 aromatic heterocycles. The lowest BCUT2D eigenvalue weighted by molar-refractivity contribution is 0.445. The first-order valence-corrected chi connectivity index (χ1v) is 9.63. The highest BCUT2D eigenvalue weighted by Gasteiger charge is 2.15. The van der Waals surface area contributed by atoms with Gasteiger partial charge in [-0.05, 0) is 49.0 Å². The van der Waals surface area contributed by atoms with E-state index in [-0.39, 0.29) is 28.4 Å². The van der Waals surface area contributed by atoms with Crippen LogP contribution >= 0.6 is 23.1 Å². The number of phenols is 2. The second-order valence-electron chi connectivity index (χ2n) is 5.73. The van der Waals surface area contributed by atoms with Gasteiger partial charge in [0.25, 0.3) is 0 Å². The average molecular weight is 414 g/mol. The number of nitrogens with zero attached hydrogens (tertiary/aromatic N) is 7. The number of nitrogens with one attached hydrogen (secondary N) is 1. The molecular formula is C16H14N8O2S2. The van der Waals surface area contributed by atoms with Crippen molar-refractivity contribution in [2.45, 2.75) is 13.8 Å². The van der Waals surface area contributed by atoms with Crippen molar-refractivity contribution in [1.29, 1.82) is 0 Å². The van der Waals surface area contributed by atoms with Crippen molar-refractivity contribution in [2.75, 3.05) is 0 Å². The van der Waals surface area contributed by atoms with Crippen LogP contribution in [0.4, 0.5) is 16.4 Å². The Morgan fingerprint density at radius 3 is 2.54 bits per heavy atom. The fourth-order valence-electron chi connectivity index (χ4n) is 2.33. The van der Waals surface area contributed by atoms with E-state index in [0.29, 0.717) is 27.2 Å². The molecule has 12 heteroatoms. The van der Waals surface area contributed by atoms with Gasteiger partial charge in [0, 0.05) is 17.8 Å². The van der Waals surface area contributed by atoms with E-state index in [0.717, 1.165) is 22.9 Å². The molecule has 0 radical (unpaired) electrons. The summed E-state index contributed by atoms with van der Waals surface area (Å²) >= 11 is 1.80. The Balaban J connectivity index is 1.67. The molecule has 0 spiro atoms. The smallest absolute Gasteiger partial charge is 0.196 e. The number of thiol groups is 1. The highest BCUT2D eigenvalue weighted by molar-refractivity contribution is 7.98. The summed E-state index contributed by atoms with van der Waals surface area (Å²) in [6, 6.07) is 5.03. The molecule has 0 aliphatic carbocycles. The molecule has 1 aliphatic heterocycles. The van der Waals surface area contributed by atoms with Crippen LogP contribution in [0.25, 0.3) is 11.0 Å². The minimum absolute atomic E-state index is 0.149. The van der Waals surface area contributed by atoms with Gasteiger partial charge in [0.15, 0.2) is 10.1 Å². The molecule has 4 rings (SSSR count). The van der Waals surface area contributed by atoms with Gasteiger partial charge in [-0.25, -0.2) is 4.40 Å². The number of benzene rings is 1. The summed E-state index contributed by atoms with van der Waals surface area (Å²) in [5, 5.41) is 40.9. The number of amidine groups is 1. The number of pyridine rings is 1. The van der Waals surface area contributed by atoms with Crippen molar-refractivity contribution in [1.82, 2.24) is 14.7 Å². The minimum atomic E-state index is -0.189. The van der Waals surface area contributed by atoms with Gasteiger partial charge < -0.3 is 15.5 Å². The van der Waals surface area contributed by atoms with E-state index >= 15 is 0 Å². The van der Waals surface area contributed by atoms with Crippen molar-refractivity contribution in [3.05, 3.63) is 30.0 Å². The van der Waals surface area contributed by atoms with Crippen LogP contribution in [-0.2, 0) is 0 Å². The monoisotopic (exact) mass is 414 g/mol. The van der Waals surface area contributed by atoms with Crippen LogP contribution < -0.4 is 5.32 Å². The standard InChI is InChI=1S/C16H14N8O2S2/c1-7-13(25)10(19-21-15-12-9(24-27-15)4-3-5-17-12)6-11(14(7)26)20-22-16-18-8(2)23-28-16/h3-6,25-26,28H,1-2H3,(H,18,23)/b21-19+,22-20+. The van der Waals surface area contributed by atoms with Gasteiger partial charge in [-0.1, -0.05) is 0 Å². The maximum Gasteiger partial charge on any atom is 0.196 e. The van der Waals surface area contributed by atoms with Crippen LogP contribution in [0.3, 0.4) is 0 Å². The van der Waals surface area contributed by atoms with Gasteiger partial charge in [-0.2, -0.15) is 4.37 Å². The van der Waals surface area contributed by atoms with Crippen molar-refractivity contribution in [3.63, 3.8) is 0 Å². The number of aromatic nitrogens is 2. The van der Waals surface area contributed by atoms with Crippen LogP contribution in [0.2, 0.25) is 0 Å². The predicted octanol–water partition coefficient (Wildman–Crippen LogP) is 4.40. The van der Waals surface area contributed by atoms with E-state index in [4.69, 9.17) is 0 Å². The molecule has 1 aromatic carbocycles. The molecule has 28 heavy (non-hydrogen) atoms. The summed E-state index contributed by atoms with van der Waals surface area (Å²) in [5.74, 6) is 0.366. The van der Waals surface area contributed by atoms with E-state index in [1.54, 1.807) is 19.2 Å². The number of fused-ring (bicyclic) bond motifs is 1. The molecule has 0 atom stereocenters. The van der Waals surface area contributed by atoms with Gasteiger partial charge in [-0.15, -0.1) is 20.5 Å². The van der Waals surface area contributed by atoms with Crippen LogP contribution in [0.1, 0.15) is 12.5 Å². The molecule has 1 aliphatic rings. The normalized spacial score (nSPS) is 14.4. The van der Waals surface area contributed by atoms with Crippen LogP contribution in [0, 0.1) is 6.92 Å². The van der Waals surface area contributed by atoms with Crippen LogP contribution in [0.15, 0.2) is 49.3 Å². The summed E-state index contributed by atoms with van der Waals surface area (Å²) in [4.78, 5) is 4.24. The topological polar surface area (TPSA) is 140 Å². The Morgan fingerprint density at radius 2 is 1.82 bits per heavy atom. The Bertz CT molecular complexity index is 1200. The highest BCUT2D eigenvalue weighted by atomic mass is 32.1. The lowest BCUT2D eigenvalue weighted by Crippen LogP contribution is -2.20. The minimum Gasteiger partial charge on any atom is -0.505 e. The zero-order valence-corrected chi connectivity index (χ0v) is 16.4. The third kappa shape index (κ3) is 3.46. The summed E-state index contributed by atoms with van der Waals surface area (Å²) in [5.41, 5.74) is 1.89. The summed E-state index contributed by atoms with van der Waals surface area (Å²) in [7, 11) is 0. The van der Waals surface area contributed by atoms with E-state index in [9.17, 15) is 10.2 Å². The Morgan fingerprint density at radius 1 is 1.07 bits per heavy atom. The maximum absolute atomic E-state index is 10.3. The van der Waals surface area contributed by atoms with Gasteiger partial charge in [-0.3, -0.25) is 4.98 Å². The zero-order valence-electron chi connectivity index (χ0n) is 14.7. The molecule has 0 saturated carbocycles. The number of aromatic hydroxyl groups is 2. The SMILES string of the molecule is CC1=N[SH]=C(/N=N/c2cc(/N=N/c3snc4cccnc34)c(O)c(C)c2O)N1. The number of hydrogen-bond acceptors (Lipinski definition) is 11. The van der Waals surface area contributed by atoms with Gasteiger partial charge >= 0.3 is 0 Å². The lowest BCUT2D eigenvalue weighted by atomic mass is 10.1. The van der Waals surface area contributed by atoms with Crippen molar-refractivity contribution in [3.8, 4) is 11.5 Å². The van der Waals surface area contributed by atoms with Crippen molar-refractivity contribution < 1.29 is 10.2 Å². The fourth-order valence-corrected chi connectivity index (χ4v) is 3.58.